The van der Waals surface area contributed by atoms with E-state index in [0.717, 1.165) is 12.8 Å². The number of hydrogen-bond donors (Lipinski definition) is 2. The van der Waals surface area contributed by atoms with Gasteiger partial charge in [-0.1, -0.05) is 60.1 Å². The maximum absolute atomic E-state index is 11.8. The first-order chi connectivity index (χ1) is 13.6. The van der Waals surface area contributed by atoms with Gasteiger partial charge in [-0.15, -0.1) is 0 Å². The van der Waals surface area contributed by atoms with E-state index in [2.05, 4.69) is 67.3 Å². The highest BCUT2D eigenvalue weighted by Crippen LogP contribution is 2.63. The highest BCUT2D eigenvalue weighted by Gasteiger charge is 2.58. The lowest BCUT2D eigenvalue weighted by molar-refractivity contribution is -0.0929. The zero-order valence-electron chi connectivity index (χ0n) is 20.8. The van der Waals surface area contributed by atoms with Crippen LogP contribution in [0.2, 0.25) is 18.1 Å². The predicted molar refractivity (Wildman–Crippen MR) is 128 cm³/mol. The number of aliphatic hydroxyl groups is 2. The van der Waals surface area contributed by atoms with Gasteiger partial charge in [0.2, 0.25) is 0 Å². The summed E-state index contributed by atoms with van der Waals surface area (Å²) in [5, 5.41) is 21.8. The lowest BCUT2D eigenvalue weighted by atomic mass is 9.45. The van der Waals surface area contributed by atoms with Crippen molar-refractivity contribution in [1.82, 2.24) is 0 Å². The fraction of sp³-hybridized carbons (Fsp3) is 0.846. The van der Waals surface area contributed by atoms with Crippen molar-refractivity contribution < 1.29 is 14.6 Å². The highest BCUT2D eigenvalue weighted by molar-refractivity contribution is 6.74. The summed E-state index contributed by atoms with van der Waals surface area (Å²) in [4.78, 5) is 0. The van der Waals surface area contributed by atoms with Gasteiger partial charge in [-0.2, -0.15) is 0 Å². The largest absolute Gasteiger partial charge is 0.410 e. The molecule has 0 unspecified atom stereocenters. The summed E-state index contributed by atoms with van der Waals surface area (Å²) in [5.41, 5.74) is 1.19. The van der Waals surface area contributed by atoms with Crippen LogP contribution < -0.4 is 0 Å². The van der Waals surface area contributed by atoms with E-state index in [1.165, 1.54) is 31.3 Å². The Morgan fingerprint density at radius 3 is 2.43 bits per heavy atom. The van der Waals surface area contributed by atoms with Crippen LogP contribution in [0.3, 0.4) is 0 Å². The quantitative estimate of drug-likeness (QED) is 0.407. The Kier molecular flexibility index (Phi) is 6.11. The van der Waals surface area contributed by atoms with Crippen LogP contribution in [0.4, 0.5) is 0 Å². The Balaban J connectivity index is 2.04. The Morgan fingerprint density at radius 1 is 1.23 bits per heavy atom. The molecule has 0 aromatic carbocycles. The van der Waals surface area contributed by atoms with Gasteiger partial charge in [-0.05, 0) is 84.6 Å². The Morgan fingerprint density at radius 2 is 1.87 bits per heavy atom. The second-order valence-electron chi connectivity index (χ2n) is 12.9. The van der Waals surface area contributed by atoms with Gasteiger partial charge in [0.15, 0.2) is 8.32 Å². The fourth-order valence-electron chi connectivity index (χ4n) is 6.70. The van der Waals surface area contributed by atoms with E-state index in [1.54, 1.807) is 0 Å². The minimum absolute atomic E-state index is 0.0598. The Hall–Kier alpha value is -0.423. The van der Waals surface area contributed by atoms with Gasteiger partial charge in [0.1, 0.15) is 5.60 Å². The molecular weight excluding hydrogens is 388 g/mol. The van der Waals surface area contributed by atoms with Crippen LogP contribution in [-0.2, 0) is 4.43 Å². The molecule has 0 heterocycles. The molecule has 172 valence electrons. The van der Waals surface area contributed by atoms with Gasteiger partial charge in [0.05, 0.1) is 12.7 Å². The predicted octanol–water partition coefficient (Wildman–Crippen LogP) is 6.23. The third-order valence-electron chi connectivity index (χ3n) is 9.59. The van der Waals surface area contributed by atoms with Crippen molar-refractivity contribution in [2.75, 3.05) is 6.61 Å². The standard InChI is InChI=1S/C26H46O3Si/c1-18(17-27)26(28)16-19-11-12-21-24(5,6)13-10-14-25(21,7)20(19)15-22(26)29-30(8,9)23(2,3)4/h16,20-22,27-28H,1,10-15,17H2,2-9H3/t20-,21-,22-,25+,26+/m0/s1. The van der Waals surface area contributed by atoms with Gasteiger partial charge in [0.25, 0.3) is 0 Å². The van der Waals surface area contributed by atoms with Crippen LogP contribution in [0.25, 0.3) is 0 Å². The van der Waals surface area contributed by atoms with E-state index in [1.807, 2.05) is 0 Å². The molecule has 3 nitrogen and oxygen atoms in total. The van der Waals surface area contributed by atoms with Crippen molar-refractivity contribution >= 4 is 8.32 Å². The van der Waals surface area contributed by atoms with E-state index in [-0.39, 0.29) is 23.2 Å². The van der Waals surface area contributed by atoms with Crippen molar-refractivity contribution in [1.29, 1.82) is 0 Å². The maximum atomic E-state index is 11.8. The monoisotopic (exact) mass is 434 g/mol. The molecule has 3 aliphatic carbocycles. The van der Waals surface area contributed by atoms with E-state index in [4.69, 9.17) is 4.43 Å². The first-order valence-corrected chi connectivity index (χ1v) is 14.9. The van der Waals surface area contributed by atoms with Crippen molar-refractivity contribution in [3.63, 3.8) is 0 Å². The summed E-state index contributed by atoms with van der Waals surface area (Å²) < 4.78 is 6.88. The zero-order chi connectivity index (χ0) is 22.8. The van der Waals surface area contributed by atoms with Gasteiger partial charge < -0.3 is 14.6 Å². The van der Waals surface area contributed by atoms with Crippen LogP contribution >= 0.6 is 0 Å². The van der Waals surface area contributed by atoms with E-state index >= 15 is 0 Å². The topological polar surface area (TPSA) is 49.7 Å². The van der Waals surface area contributed by atoms with Crippen LogP contribution in [0.5, 0.6) is 0 Å². The van der Waals surface area contributed by atoms with Gasteiger partial charge in [-0.25, -0.2) is 0 Å². The second kappa shape index (κ2) is 7.57. The summed E-state index contributed by atoms with van der Waals surface area (Å²) in [7, 11) is -2.10. The molecular formula is C26H46O3Si. The van der Waals surface area contributed by atoms with Crippen molar-refractivity contribution in [3.8, 4) is 0 Å². The number of rotatable bonds is 4. The molecule has 0 spiro atoms. The minimum Gasteiger partial charge on any atom is -0.410 e. The molecule has 2 N–H and O–H groups in total. The molecule has 0 aliphatic heterocycles. The number of aliphatic hydroxyl groups excluding tert-OH is 1. The molecule has 2 fully saturated rings. The van der Waals surface area contributed by atoms with Crippen molar-refractivity contribution in [3.05, 3.63) is 23.8 Å². The van der Waals surface area contributed by atoms with E-state index in [0.29, 0.717) is 22.8 Å². The summed E-state index contributed by atoms with van der Waals surface area (Å²) in [6.45, 7) is 22.5. The number of fused-ring (bicyclic) bond motifs is 3. The first-order valence-electron chi connectivity index (χ1n) is 12.0. The summed E-state index contributed by atoms with van der Waals surface area (Å²) in [5.74, 6) is 1.15. The number of allylic oxidation sites excluding steroid dienone is 1. The fourth-order valence-corrected chi connectivity index (χ4v) is 8.04. The Labute approximate surface area is 186 Å². The van der Waals surface area contributed by atoms with Crippen molar-refractivity contribution in [2.45, 2.75) is 110 Å². The third kappa shape index (κ3) is 3.80. The highest BCUT2D eigenvalue weighted by atomic mass is 28.4. The van der Waals surface area contributed by atoms with Crippen molar-refractivity contribution in [2.24, 2.45) is 22.7 Å². The zero-order valence-corrected chi connectivity index (χ0v) is 21.8. The lowest BCUT2D eigenvalue weighted by Crippen LogP contribution is -2.59. The molecule has 0 radical (unpaired) electrons. The average Bonchev–Trinajstić information content (AvgIpc) is 2.60. The minimum atomic E-state index is -2.10. The lowest BCUT2D eigenvalue weighted by Gasteiger charge is -2.61. The first kappa shape index (κ1) is 24.2. The third-order valence-corrected chi connectivity index (χ3v) is 14.1. The van der Waals surface area contributed by atoms with Crippen LogP contribution in [0.1, 0.15) is 80.1 Å². The van der Waals surface area contributed by atoms with Gasteiger partial charge in [0, 0.05) is 0 Å². The summed E-state index contributed by atoms with van der Waals surface area (Å²) in [6.07, 6.45) is 8.64. The number of hydrogen-bond acceptors (Lipinski definition) is 3. The summed E-state index contributed by atoms with van der Waals surface area (Å²) in [6, 6.07) is 0. The molecule has 0 amide bonds. The summed E-state index contributed by atoms with van der Waals surface area (Å²) >= 11 is 0. The normalized spacial score (nSPS) is 39.0. The van der Waals surface area contributed by atoms with Gasteiger partial charge in [-0.3, -0.25) is 0 Å². The molecule has 0 aromatic heterocycles. The maximum Gasteiger partial charge on any atom is 0.192 e. The molecule has 5 atom stereocenters. The average molecular weight is 435 g/mol. The second-order valence-corrected chi connectivity index (χ2v) is 17.7. The van der Waals surface area contributed by atoms with E-state index in [9.17, 15) is 10.2 Å². The molecule has 30 heavy (non-hydrogen) atoms. The van der Waals surface area contributed by atoms with Gasteiger partial charge >= 0.3 is 0 Å². The van der Waals surface area contributed by atoms with Crippen LogP contribution in [0, 0.1) is 22.7 Å². The molecule has 0 bridgehead atoms. The smallest absolute Gasteiger partial charge is 0.192 e. The molecule has 3 rings (SSSR count). The SMILES string of the molecule is C=C(CO)[C@]1(O)C=C2CC[C@H]3C(C)(C)CCC[C@]3(C)[C@H]2C[C@@H]1O[Si](C)(C)C(C)(C)C. The molecule has 2 saturated carbocycles. The van der Waals surface area contributed by atoms with E-state index < -0.39 is 13.9 Å². The molecule has 0 aromatic rings. The Bertz CT molecular complexity index is 716. The van der Waals surface area contributed by atoms with Crippen LogP contribution in [0.15, 0.2) is 23.8 Å². The molecule has 4 heteroatoms. The molecule has 0 saturated heterocycles. The van der Waals surface area contributed by atoms with Crippen LogP contribution in [-0.4, -0.2) is 36.8 Å². The molecule has 3 aliphatic rings.